The SMILES string of the molecule is CC(C)CC(CCO)CNC(=O)CC(c1ccccc1)c1ccccc1. The average molecular weight is 354 g/mol. The van der Waals surface area contributed by atoms with Crippen molar-refractivity contribution in [2.45, 2.75) is 39.0 Å². The van der Waals surface area contributed by atoms with Crippen molar-refractivity contribution in [3.8, 4) is 0 Å². The summed E-state index contributed by atoms with van der Waals surface area (Å²) >= 11 is 0. The Kier molecular flexibility index (Phi) is 8.36. The molecule has 0 aliphatic rings. The third-order valence-corrected chi connectivity index (χ3v) is 4.72. The van der Waals surface area contributed by atoms with Gasteiger partial charge in [0.1, 0.15) is 0 Å². The van der Waals surface area contributed by atoms with Gasteiger partial charge in [0.05, 0.1) is 0 Å². The van der Waals surface area contributed by atoms with Gasteiger partial charge in [-0.25, -0.2) is 0 Å². The van der Waals surface area contributed by atoms with Crippen LogP contribution in [0.3, 0.4) is 0 Å². The highest BCUT2D eigenvalue weighted by Gasteiger charge is 2.19. The van der Waals surface area contributed by atoms with Gasteiger partial charge in [-0.05, 0) is 35.8 Å². The van der Waals surface area contributed by atoms with E-state index in [1.54, 1.807) is 0 Å². The van der Waals surface area contributed by atoms with E-state index in [1.807, 2.05) is 36.4 Å². The fraction of sp³-hybridized carbons (Fsp3) is 0.435. The van der Waals surface area contributed by atoms with Crippen LogP contribution in [-0.4, -0.2) is 24.2 Å². The third kappa shape index (κ3) is 6.64. The normalized spacial score (nSPS) is 12.3. The van der Waals surface area contributed by atoms with Crippen molar-refractivity contribution in [1.29, 1.82) is 0 Å². The monoisotopic (exact) mass is 353 g/mol. The van der Waals surface area contributed by atoms with Crippen molar-refractivity contribution < 1.29 is 9.90 Å². The molecule has 1 atom stereocenters. The minimum atomic E-state index is 0.0544. The van der Waals surface area contributed by atoms with E-state index in [-0.39, 0.29) is 18.4 Å². The summed E-state index contributed by atoms with van der Waals surface area (Å²) in [5, 5.41) is 12.3. The highest BCUT2D eigenvalue weighted by molar-refractivity contribution is 5.77. The van der Waals surface area contributed by atoms with E-state index < -0.39 is 0 Å². The number of carbonyl (C=O) groups is 1. The lowest BCUT2D eigenvalue weighted by molar-refractivity contribution is -0.121. The highest BCUT2D eigenvalue weighted by Crippen LogP contribution is 2.27. The maximum absolute atomic E-state index is 12.6. The van der Waals surface area contributed by atoms with E-state index in [9.17, 15) is 9.90 Å². The number of carbonyl (C=O) groups excluding carboxylic acids is 1. The zero-order chi connectivity index (χ0) is 18.8. The third-order valence-electron chi connectivity index (χ3n) is 4.72. The summed E-state index contributed by atoms with van der Waals surface area (Å²) in [7, 11) is 0. The molecule has 1 amide bonds. The van der Waals surface area contributed by atoms with Crippen LogP contribution in [0, 0.1) is 11.8 Å². The molecule has 0 saturated heterocycles. The highest BCUT2D eigenvalue weighted by atomic mass is 16.3. The molecular formula is C23H31NO2. The second-order valence-electron chi connectivity index (χ2n) is 7.39. The standard InChI is InChI=1S/C23H31NO2/c1-18(2)15-19(13-14-25)17-24-23(26)16-22(20-9-5-3-6-10-20)21-11-7-4-8-12-21/h3-12,18-19,22,25H,13-17H2,1-2H3,(H,24,26). The molecule has 2 rings (SSSR count). The summed E-state index contributed by atoms with van der Waals surface area (Å²) < 4.78 is 0. The van der Waals surface area contributed by atoms with Crippen LogP contribution in [0.1, 0.15) is 50.2 Å². The van der Waals surface area contributed by atoms with Crippen LogP contribution in [0.15, 0.2) is 60.7 Å². The van der Waals surface area contributed by atoms with Gasteiger partial charge in [0, 0.05) is 25.5 Å². The first-order valence-electron chi connectivity index (χ1n) is 9.57. The molecule has 0 spiro atoms. The Labute approximate surface area is 157 Å². The van der Waals surface area contributed by atoms with Gasteiger partial charge in [-0.3, -0.25) is 4.79 Å². The molecule has 2 aromatic rings. The van der Waals surface area contributed by atoms with E-state index in [4.69, 9.17) is 0 Å². The lowest BCUT2D eigenvalue weighted by Gasteiger charge is -2.21. The summed E-state index contributed by atoms with van der Waals surface area (Å²) in [6.07, 6.45) is 2.18. The van der Waals surface area contributed by atoms with Crippen molar-refractivity contribution in [3.63, 3.8) is 0 Å². The van der Waals surface area contributed by atoms with E-state index in [0.717, 1.165) is 24.0 Å². The van der Waals surface area contributed by atoms with Crippen molar-refractivity contribution in [1.82, 2.24) is 5.32 Å². The summed E-state index contributed by atoms with van der Waals surface area (Å²) in [6, 6.07) is 20.4. The number of aliphatic hydroxyl groups is 1. The Hall–Kier alpha value is -2.13. The molecule has 0 radical (unpaired) electrons. The first-order valence-corrected chi connectivity index (χ1v) is 9.57. The van der Waals surface area contributed by atoms with Gasteiger partial charge in [0.15, 0.2) is 0 Å². The average Bonchev–Trinajstić information content (AvgIpc) is 2.65. The number of hydrogen-bond acceptors (Lipinski definition) is 2. The predicted molar refractivity (Wildman–Crippen MR) is 107 cm³/mol. The molecule has 2 N–H and O–H groups in total. The van der Waals surface area contributed by atoms with E-state index in [0.29, 0.717) is 24.8 Å². The molecule has 140 valence electrons. The van der Waals surface area contributed by atoms with E-state index >= 15 is 0 Å². The zero-order valence-electron chi connectivity index (χ0n) is 15.9. The van der Waals surface area contributed by atoms with Gasteiger partial charge in [0.2, 0.25) is 5.91 Å². The van der Waals surface area contributed by atoms with E-state index in [2.05, 4.69) is 43.4 Å². The van der Waals surface area contributed by atoms with Crippen molar-refractivity contribution in [2.24, 2.45) is 11.8 Å². The first-order chi connectivity index (χ1) is 12.6. The number of benzene rings is 2. The van der Waals surface area contributed by atoms with Crippen molar-refractivity contribution in [2.75, 3.05) is 13.2 Å². The largest absolute Gasteiger partial charge is 0.396 e. The molecule has 0 fully saturated rings. The molecule has 26 heavy (non-hydrogen) atoms. The number of aliphatic hydroxyl groups excluding tert-OH is 1. The summed E-state index contributed by atoms with van der Waals surface area (Å²) in [4.78, 5) is 12.6. The van der Waals surface area contributed by atoms with Crippen LogP contribution in [0.2, 0.25) is 0 Å². The Morgan fingerprint density at radius 1 is 0.962 bits per heavy atom. The van der Waals surface area contributed by atoms with Crippen LogP contribution in [0.25, 0.3) is 0 Å². The number of nitrogens with one attached hydrogen (secondary N) is 1. The number of amides is 1. The number of hydrogen-bond donors (Lipinski definition) is 2. The lowest BCUT2D eigenvalue weighted by Crippen LogP contribution is -2.31. The Morgan fingerprint density at radius 2 is 1.50 bits per heavy atom. The summed E-state index contributed by atoms with van der Waals surface area (Å²) in [5.41, 5.74) is 2.31. The Bertz CT molecular complexity index is 600. The quantitative estimate of drug-likeness (QED) is 0.666. The second-order valence-corrected chi connectivity index (χ2v) is 7.39. The van der Waals surface area contributed by atoms with Gasteiger partial charge in [0.25, 0.3) is 0 Å². The van der Waals surface area contributed by atoms with Crippen LogP contribution in [0.4, 0.5) is 0 Å². The molecule has 0 aliphatic carbocycles. The van der Waals surface area contributed by atoms with Gasteiger partial charge < -0.3 is 10.4 Å². The molecule has 1 unspecified atom stereocenters. The lowest BCUT2D eigenvalue weighted by atomic mass is 9.88. The van der Waals surface area contributed by atoms with Crippen LogP contribution in [-0.2, 0) is 4.79 Å². The van der Waals surface area contributed by atoms with Gasteiger partial charge in [-0.1, -0.05) is 74.5 Å². The molecule has 2 aromatic carbocycles. The second kappa shape index (κ2) is 10.8. The summed E-state index contributed by atoms with van der Waals surface area (Å²) in [6.45, 7) is 5.15. The molecule has 0 heterocycles. The minimum Gasteiger partial charge on any atom is -0.396 e. The van der Waals surface area contributed by atoms with Crippen LogP contribution in [0.5, 0.6) is 0 Å². The molecule has 3 heteroatoms. The molecule has 0 aliphatic heterocycles. The molecule has 0 bridgehead atoms. The maximum atomic E-state index is 12.6. The fourth-order valence-electron chi connectivity index (χ4n) is 3.47. The smallest absolute Gasteiger partial charge is 0.220 e. The van der Waals surface area contributed by atoms with Gasteiger partial charge >= 0.3 is 0 Å². The topological polar surface area (TPSA) is 49.3 Å². The molecule has 3 nitrogen and oxygen atoms in total. The number of rotatable bonds is 10. The fourth-order valence-corrected chi connectivity index (χ4v) is 3.47. The first kappa shape index (κ1) is 20.2. The van der Waals surface area contributed by atoms with Crippen LogP contribution < -0.4 is 5.32 Å². The van der Waals surface area contributed by atoms with Gasteiger partial charge in [-0.15, -0.1) is 0 Å². The predicted octanol–water partition coefficient (Wildman–Crippen LogP) is 4.37. The summed E-state index contributed by atoms with van der Waals surface area (Å²) in [5.74, 6) is 1.01. The minimum absolute atomic E-state index is 0.0544. The van der Waals surface area contributed by atoms with Crippen LogP contribution >= 0.6 is 0 Å². The van der Waals surface area contributed by atoms with Crippen molar-refractivity contribution in [3.05, 3.63) is 71.8 Å². The Balaban J connectivity index is 2.02. The van der Waals surface area contributed by atoms with Crippen molar-refractivity contribution >= 4 is 5.91 Å². The molecular weight excluding hydrogens is 322 g/mol. The zero-order valence-corrected chi connectivity index (χ0v) is 15.9. The maximum Gasteiger partial charge on any atom is 0.220 e. The Morgan fingerprint density at radius 3 is 1.96 bits per heavy atom. The van der Waals surface area contributed by atoms with Gasteiger partial charge in [-0.2, -0.15) is 0 Å². The molecule has 0 aromatic heterocycles. The van der Waals surface area contributed by atoms with E-state index in [1.165, 1.54) is 0 Å². The molecule has 0 saturated carbocycles.